The molecule has 0 fully saturated rings. The van der Waals surface area contributed by atoms with E-state index >= 15 is 0 Å². The van der Waals surface area contributed by atoms with Crippen molar-refractivity contribution in [2.45, 2.75) is 25.9 Å². The van der Waals surface area contributed by atoms with Crippen LogP contribution in [-0.4, -0.2) is 31.1 Å². The number of aromatic hydroxyl groups is 1. The Kier molecular flexibility index (Phi) is 3.95. The van der Waals surface area contributed by atoms with E-state index in [4.69, 9.17) is 0 Å². The zero-order valence-corrected chi connectivity index (χ0v) is 15.9. The monoisotopic (exact) mass is 376 g/mol. The summed E-state index contributed by atoms with van der Waals surface area (Å²) in [6.45, 7) is 3.65. The summed E-state index contributed by atoms with van der Waals surface area (Å²) in [4.78, 5) is 8.52. The summed E-state index contributed by atoms with van der Waals surface area (Å²) in [5.74, 6) is 0.870. The molecule has 1 aliphatic heterocycles. The Labute approximate surface area is 161 Å². The lowest BCUT2D eigenvalue weighted by Gasteiger charge is -2.35. The first-order valence-electron chi connectivity index (χ1n) is 9.11. The van der Waals surface area contributed by atoms with Crippen LogP contribution in [0.15, 0.2) is 54.6 Å². The second kappa shape index (κ2) is 6.48. The van der Waals surface area contributed by atoms with E-state index in [0.29, 0.717) is 5.82 Å². The van der Waals surface area contributed by atoms with Gasteiger partial charge in [-0.15, -0.1) is 5.10 Å². The third kappa shape index (κ3) is 2.81. The number of aryl methyl sites for hydroxylation is 1. The first-order valence-corrected chi connectivity index (χ1v) is 9.93. The molecule has 0 saturated heterocycles. The van der Waals surface area contributed by atoms with Gasteiger partial charge in [-0.2, -0.15) is 4.52 Å². The minimum absolute atomic E-state index is 0.0200. The van der Waals surface area contributed by atoms with E-state index in [1.54, 1.807) is 4.52 Å². The van der Waals surface area contributed by atoms with Gasteiger partial charge in [-0.1, -0.05) is 65.9 Å². The van der Waals surface area contributed by atoms with Crippen molar-refractivity contribution in [1.82, 2.24) is 19.5 Å². The summed E-state index contributed by atoms with van der Waals surface area (Å²) >= 11 is 1.52. The number of hydrogen-bond acceptors (Lipinski definition) is 5. The molecule has 136 valence electrons. The molecule has 0 amide bonds. The Balaban J connectivity index is 1.61. The Hall–Kier alpha value is -2.70. The molecule has 0 spiro atoms. The average molecular weight is 376 g/mol. The lowest BCUT2D eigenvalue weighted by atomic mass is 9.96. The Morgan fingerprint density at radius 3 is 2.56 bits per heavy atom. The van der Waals surface area contributed by atoms with Crippen LogP contribution in [-0.2, 0) is 13.0 Å². The van der Waals surface area contributed by atoms with E-state index < -0.39 is 0 Å². The van der Waals surface area contributed by atoms with Crippen molar-refractivity contribution in [3.63, 3.8) is 0 Å². The average Bonchev–Trinajstić information content (AvgIpc) is 3.20. The summed E-state index contributed by atoms with van der Waals surface area (Å²) < 4.78 is 1.56. The summed E-state index contributed by atoms with van der Waals surface area (Å²) in [7, 11) is 0. The smallest absolute Gasteiger partial charge is 0.230 e. The van der Waals surface area contributed by atoms with E-state index in [0.717, 1.165) is 29.3 Å². The Morgan fingerprint density at radius 2 is 1.78 bits per heavy atom. The van der Waals surface area contributed by atoms with Crippen LogP contribution in [0, 0.1) is 6.92 Å². The summed E-state index contributed by atoms with van der Waals surface area (Å²) in [5.41, 5.74) is 3.95. The number of aromatic nitrogens is 3. The minimum atomic E-state index is -0.0200. The van der Waals surface area contributed by atoms with Gasteiger partial charge in [0.25, 0.3) is 0 Å². The van der Waals surface area contributed by atoms with Crippen molar-refractivity contribution in [2.75, 3.05) is 6.54 Å². The molecular formula is C21H20N4OS. The SMILES string of the molecule is Cc1nc2sc([C@@H](c3ccccc3)N3CCc4ccccc4C3)c(O)n2n1. The van der Waals surface area contributed by atoms with E-state index in [-0.39, 0.29) is 11.9 Å². The molecule has 0 aliphatic carbocycles. The molecule has 2 aromatic heterocycles. The van der Waals surface area contributed by atoms with Gasteiger partial charge in [0.15, 0.2) is 0 Å². The Morgan fingerprint density at radius 1 is 1.04 bits per heavy atom. The van der Waals surface area contributed by atoms with Crippen molar-refractivity contribution < 1.29 is 5.11 Å². The van der Waals surface area contributed by atoms with Crippen LogP contribution in [0.25, 0.3) is 4.96 Å². The molecule has 0 radical (unpaired) electrons. The van der Waals surface area contributed by atoms with E-state index in [2.05, 4.69) is 63.5 Å². The van der Waals surface area contributed by atoms with Gasteiger partial charge in [-0.05, 0) is 30.0 Å². The molecule has 6 heteroatoms. The molecule has 0 saturated carbocycles. The third-order valence-corrected chi connectivity index (χ3v) is 6.27. The quantitative estimate of drug-likeness (QED) is 0.588. The molecule has 1 N–H and O–H groups in total. The summed E-state index contributed by atoms with van der Waals surface area (Å²) in [6.07, 6.45) is 1.01. The first kappa shape index (κ1) is 16.5. The number of fused-ring (bicyclic) bond motifs is 2. The fraction of sp³-hybridized carbons (Fsp3) is 0.238. The molecule has 1 aliphatic rings. The highest BCUT2D eigenvalue weighted by atomic mass is 32.1. The first-order chi connectivity index (χ1) is 13.2. The fourth-order valence-corrected chi connectivity index (χ4v) is 5.09. The number of nitrogens with zero attached hydrogens (tertiary/aromatic N) is 4. The molecule has 4 aromatic rings. The van der Waals surface area contributed by atoms with Gasteiger partial charge in [0.05, 0.1) is 10.9 Å². The van der Waals surface area contributed by atoms with Crippen LogP contribution in [0.1, 0.15) is 33.4 Å². The third-order valence-electron chi connectivity index (χ3n) is 5.19. The molecule has 0 bridgehead atoms. The summed E-state index contributed by atoms with van der Waals surface area (Å²) in [6, 6.07) is 19.0. The zero-order valence-electron chi connectivity index (χ0n) is 15.0. The zero-order chi connectivity index (χ0) is 18.4. The largest absolute Gasteiger partial charge is 0.492 e. The maximum absolute atomic E-state index is 10.9. The van der Waals surface area contributed by atoms with Gasteiger partial charge in [0.1, 0.15) is 5.82 Å². The second-order valence-electron chi connectivity index (χ2n) is 6.95. The van der Waals surface area contributed by atoms with Crippen LogP contribution in [0.3, 0.4) is 0 Å². The van der Waals surface area contributed by atoms with Crippen LogP contribution < -0.4 is 0 Å². The highest BCUT2D eigenvalue weighted by Gasteiger charge is 2.31. The topological polar surface area (TPSA) is 53.7 Å². The highest BCUT2D eigenvalue weighted by molar-refractivity contribution is 7.17. The van der Waals surface area contributed by atoms with Crippen LogP contribution in [0.5, 0.6) is 5.88 Å². The molecule has 1 atom stereocenters. The van der Waals surface area contributed by atoms with Crippen molar-refractivity contribution in [1.29, 1.82) is 0 Å². The maximum Gasteiger partial charge on any atom is 0.230 e. The van der Waals surface area contributed by atoms with Gasteiger partial charge >= 0.3 is 0 Å². The van der Waals surface area contributed by atoms with Crippen molar-refractivity contribution in [3.05, 3.63) is 82.0 Å². The predicted molar refractivity (Wildman–Crippen MR) is 106 cm³/mol. The highest BCUT2D eigenvalue weighted by Crippen LogP contribution is 2.41. The van der Waals surface area contributed by atoms with E-state index in [1.807, 2.05) is 13.0 Å². The molecule has 5 rings (SSSR count). The standard InChI is InChI=1S/C21H20N4OS/c1-14-22-21-25(23-14)20(26)19(27-21)18(16-8-3-2-4-9-16)24-12-11-15-7-5-6-10-17(15)13-24/h2-10,18,26H,11-13H2,1H3/t18-/m1/s1. The Bertz CT molecular complexity index is 1100. The number of benzene rings is 2. The molecule has 27 heavy (non-hydrogen) atoms. The van der Waals surface area contributed by atoms with Crippen LogP contribution >= 0.6 is 11.3 Å². The normalized spacial score (nSPS) is 15.7. The van der Waals surface area contributed by atoms with Gasteiger partial charge in [0, 0.05) is 13.1 Å². The van der Waals surface area contributed by atoms with Crippen LogP contribution in [0.4, 0.5) is 0 Å². The number of rotatable bonds is 3. The van der Waals surface area contributed by atoms with Crippen molar-refractivity contribution >= 4 is 16.3 Å². The molecule has 3 heterocycles. The van der Waals surface area contributed by atoms with Gasteiger partial charge in [-0.3, -0.25) is 4.90 Å². The maximum atomic E-state index is 10.9. The second-order valence-corrected chi connectivity index (χ2v) is 7.95. The lowest BCUT2D eigenvalue weighted by molar-refractivity contribution is 0.205. The van der Waals surface area contributed by atoms with Crippen LogP contribution in [0.2, 0.25) is 0 Å². The van der Waals surface area contributed by atoms with Gasteiger partial charge in [-0.25, -0.2) is 4.98 Å². The molecule has 2 aromatic carbocycles. The summed E-state index contributed by atoms with van der Waals surface area (Å²) in [5, 5.41) is 15.2. The van der Waals surface area contributed by atoms with Gasteiger partial charge in [0.2, 0.25) is 10.8 Å². The van der Waals surface area contributed by atoms with Crippen molar-refractivity contribution in [2.24, 2.45) is 0 Å². The van der Waals surface area contributed by atoms with E-state index in [1.165, 1.54) is 28.0 Å². The molecule has 5 nitrogen and oxygen atoms in total. The molecule has 0 unspecified atom stereocenters. The number of hydrogen-bond donors (Lipinski definition) is 1. The minimum Gasteiger partial charge on any atom is -0.492 e. The fourth-order valence-electron chi connectivity index (χ4n) is 3.93. The number of thiazole rings is 1. The van der Waals surface area contributed by atoms with E-state index in [9.17, 15) is 5.11 Å². The predicted octanol–water partition coefficient (Wildman–Crippen LogP) is 3.95. The lowest BCUT2D eigenvalue weighted by Crippen LogP contribution is -2.34. The van der Waals surface area contributed by atoms with Crippen molar-refractivity contribution in [3.8, 4) is 5.88 Å². The molecular weight excluding hydrogens is 356 g/mol. The van der Waals surface area contributed by atoms with Gasteiger partial charge < -0.3 is 5.11 Å².